The number of rotatable bonds is 30. The van der Waals surface area contributed by atoms with Gasteiger partial charge in [0.25, 0.3) is 0 Å². The van der Waals surface area contributed by atoms with E-state index in [2.05, 4.69) is 26.0 Å². The van der Waals surface area contributed by atoms with E-state index < -0.39 is 25.8 Å². The Morgan fingerprint density at radius 3 is 1.80 bits per heavy atom. The van der Waals surface area contributed by atoms with E-state index in [1.807, 2.05) is 0 Å². The molecule has 0 rings (SSSR count). The fraction of sp³-hybridized carbons (Fsp3) is 0.938. The van der Waals surface area contributed by atoms with Gasteiger partial charge in [0.15, 0.2) is 19.7 Å². The molecule has 0 aromatic carbocycles. The maximum Gasteiger partial charge on any atom is 0.193 e. The first-order valence-electron chi connectivity index (χ1n) is 16.6. The van der Waals surface area contributed by atoms with Crippen LogP contribution in [0.2, 0.25) is 0 Å². The summed E-state index contributed by atoms with van der Waals surface area (Å²) in [7, 11) is -0.791. The normalized spacial score (nSPS) is 15.5. The van der Waals surface area contributed by atoms with Crippen LogP contribution in [0, 0.1) is 0 Å². The molecule has 0 amide bonds. The zero-order valence-corrected chi connectivity index (χ0v) is 27.9. The largest absolute Gasteiger partial charge is 0.774 e. The standard InChI is InChI=1S/C32H66NO7P/c1-5-7-9-10-11-12-13-14-15-16-17-18-19-20-21-23-27-39-28-30(34)29-40-41(37,38)31(24-22-8-6-2)33(3,4)26-25-32(35)36/h17-18,30-32,34-36H,5-16,19-29H2,1-4H3/b18-17-/t30-,31?/m1/s1. The topological polar surface area (TPSA) is 119 Å². The summed E-state index contributed by atoms with van der Waals surface area (Å²) in [6.45, 7) is 4.83. The summed E-state index contributed by atoms with van der Waals surface area (Å²) in [6, 6.07) is 0. The smallest absolute Gasteiger partial charge is 0.193 e. The van der Waals surface area contributed by atoms with E-state index in [1.54, 1.807) is 14.1 Å². The molecule has 0 aromatic heterocycles. The van der Waals surface area contributed by atoms with Gasteiger partial charge in [-0.2, -0.15) is 0 Å². The molecule has 0 heterocycles. The van der Waals surface area contributed by atoms with Crippen LogP contribution < -0.4 is 4.89 Å². The Kier molecular flexibility index (Phi) is 25.9. The van der Waals surface area contributed by atoms with Crippen molar-refractivity contribution < 1.29 is 38.5 Å². The molecular formula is C32H66NO7P. The van der Waals surface area contributed by atoms with E-state index in [4.69, 9.17) is 9.26 Å². The molecule has 0 aliphatic heterocycles. The van der Waals surface area contributed by atoms with Gasteiger partial charge in [0.2, 0.25) is 0 Å². The van der Waals surface area contributed by atoms with Crippen molar-refractivity contribution in [2.24, 2.45) is 0 Å². The van der Waals surface area contributed by atoms with Gasteiger partial charge in [0, 0.05) is 19.4 Å². The second-order valence-corrected chi connectivity index (χ2v) is 14.2. The van der Waals surface area contributed by atoms with Crippen molar-refractivity contribution >= 4 is 7.60 Å². The van der Waals surface area contributed by atoms with Gasteiger partial charge in [-0.3, -0.25) is 0 Å². The van der Waals surface area contributed by atoms with Crippen LogP contribution in [-0.2, 0) is 13.8 Å². The van der Waals surface area contributed by atoms with Crippen LogP contribution in [0.25, 0.3) is 0 Å². The molecule has 246 valence electrons. The predicted molar refractivity (Wildman–Crippen MR) is 168 cm³/mol. The zero-order chi connectivity index (χ0) is 30.8. The van der Waals surface area contributed by atoms with Crippen LogP contribution in [0.3, 0.4) is 0 Å². The average Bonchev–Trinajstić information content (AvgIpc) is 2.92. The van der Waals surface area contributed by atoms with Gasteiger partial charge in [-0.25, -0.2) is 0 Å². The Labute approximate surface area is 252 Å². The van der Waals surface area contributed by atoms with Crippen molar-refractivity contribution in [1.29, 1.82) is 0 Å². The highest BCUT2D eigenvalue weighted by Crippen LogP contribution is 2.49. The van der Waals surface area contributed by atoms with E-state index in [0.29, 0.717) is 13.0 Å². The molecule has 0 radical (unpaired) electrons. The average molecular weight is 608 g/mol. The van der Waals surface area contributed by atoms with E-state index in [1.165, 1.54) is 64.2 Å². The molecule has 3 N–H and O–H groups in total. The highest BCUT2D eigenvalue weighted by atomic mass is 31.2. The Morgan fingerprint density at radius 1 is 0.732 bits per heavy atom. The van der Waals surface area contributed by atoms with Crippen LogP contribution >= 0.6 is 7.60 Å². The number of quaternary nitrogens is 1. The molecule has 0 aromatic rings. The van der Waals surface area contributed by atoms with Crippen molar-refractivity contribution in [3.8, 4) is 0 Å². The number of aliphatic hydroxyl groups is 3. The van der Waals surface area contributed by atoms with E-state index in [0.717, 1.165) is 44.9 Å². The van der Waals surface area contributed by atoms with Gasteiger partial charge in [-0.05, 0) is 38.5 Å². The first-order chi connectivity index (χ1) is 19.6. The van der Waals surface area contributed by atoms with E-state index >= 15 is 0 Å². The quantitative estimate of drug-likeness (QED) is 0.0275. The van der Waals surface area contributed by atoms with Gasteiger partial charge in [-0.1, -0.05) is 96.6 Å². The summed E-state index contributed by atoms with van der Waals surface area (Å²) in [6.07, 6.45) is 22.8. The van der Waals surface area contributed by atoms with Crippen molar-refractivity contribution in [3.63, 3.8) is 0 Å². The van der Waals surface area contributed by atoms with Gasteiger partial charge in [0.1, 0.15) is 6.10 Å². The van der Waals surface area contributed by atoms with Crippen LogP contribution in [0.15, 0.2) is 12.2 Å². The molecular weight excluding hydrogens is 541 g/mol. The third-order valence-corrected chi connectivity index (χ3v) is 9.88. The van der Waals surface area contributed by atoms with Crippen LogP contribution in [-0.4, -0.2) is 78.4 Å². The summed E-state index contributed by atoms with van der Waals surface area (Å²) in [5.41, 5.74) is 0. The van der Waals surface area contributed by atoms with Crippen molar-refractivity contribution in [1.82, 2.24) is 0 Å². The molecule has 8 nitrogen and oxygen atoms in total. The van der Waals surface area contributed by atoms with Crippen molar-refractivity contribution in [2.45, 2.75) is 154 Å². The Morgan fingerprint density at radius 2 is 1.24 bits per heavy atom. The number of aliphatic hydroxyl groups excluding tert-OH is 2. The molecule has 9 heteroatoms. The SMILES string of the molecule is CCCCCCCCCCC/C=C\CCCCCOC[C@@H](O)COP(=O)([O-])C(CCCCC)[N+](C)(C)CCC(O)O. The third-order valence-electron chi connectivity index (χ3n) is 7.76. The zero-order valence-electron chi connectivity index (χ0n) is 27.0. The van der Waals surface area contributed by atoms with Crippen LogP contribution in [0.4, 0.5) is 0 Å². The first-order valence-corrected chi connectivity index (χ1v) is 18.2. The fourth-order valence-electron chi connectivity index (χ4n) is 5.06. The van der Waals surface area contributed by atoms with Crippen LogP contribution in [0.1, 0.15) is 136 Å². The lowest BCUT2D eigenvalue weighted by Gasteiger charge is -2.44. The lowest BCUT2D eigenvalue weighted by molar-refractivity contribution is -0.905. The number of allylic oxidation sites excluding steroid dienone is 2. The number of ether oxygens (including phenoxy) is 1. The first kappa shape index (κ1) is 40.7. The highest BCUT2D eigenvalue weighted by Gasteiger charge is 2.38. The molecule has 0 bridgehead atoms. The maximum absolute atomic E-state index is 13.1. The van der Waals surface area contributed by atoms with Gasteiger partial charge in [0.05, 0.1) is 33.9 Å². The van der Waals surface area contributed by atoms with E-state index in [-0.39, 0.29) is 30.7 Å². The number of unbranched alkanes of at least 4 members (excludes halogenated alkanes) is 14. The third kappa shape index (κ3) is 23.8. The summed E-state index contributed by atoms with van der Waals surface area (Å²) in [4.78, 5) is 13.1. The molecule has 41 heavy (non-hydrogen) atoms. The number of hydrogen-bond acceptors (Lipinski definition) is 7. The van der Waals surface area contributed by atoms with Gasteiger partial charge in [-0.15, -0.1) is 0 Å². The Hall–Kier alpha value is -0.310. The minimum atomic E-state index is -4.32. The lowest BCUT2D eigenvalue weighted by Crippen LogP contribution is -2.51. The molecule has 0 saturated heterocycles. The number of hydrogen-bond donors (Lipinski definition) is 3. The second-order valence-electron chi connectivity index (χ2n) is 12.3. The molecule has 0 fully saturated rings. The van der Waals surface area contributed by atoms with Crippen molar-refractivity contribution in [3.05, 3.63) is 12.2 Å². The predicted octanol–water partition coefficient (Wildman–Crippen LogP) is 6.66. The van der Waals surface area contributed by atoms with Crippen LogP contribution in [0.5, 0.6) is 0 Å². The van der Waals surface area contributed by atoms with Crippen molar-refractivity contribution in [2.75, 3.05) is 40.5 Å². The minimum Gasteiger partial charge on any atom is -0.774 e. The lowest BCUT2D eigenvalue weighted by atomic mass is 10.1. The Bertz CT molecular complexity index is 660. The molecule has 2 unspecified atom stereocenters. The van der Waals surface area contributed by atoms with E-state index in [9.17, 15) is 24.8 Å². The maximum atomic E-state index is 13.1. The fourth-order valence-corrected chi connectivity index (χ4v) is 6.99. The summed E-state index contributed by atoms with van der Waals surface area (Å²) < 4.78 is 24.0. The molecule has 3 atom stereocenters. The number of nitrogens with zero attached hydrogens (tertiary/aromatic N) is 1. The molecule has 0 spiro atoms. The van der Waals surface area contributed by atoms with Gasteiger partial charge >= 0.3 is 0 Å². The summed E-state index contributed by atoms with van der Waals surface area (Å²) in [5, 5.41) is 28.7. The molecule has 0 aliphatic carbocycles. The molecule has 0 aliphatic rings. The summed E-state index contributed by atoms with van der Waals surface area (Å²) >= 11 is 0. The molecule has 0 saturated carbocycles. The Balaban J connectivity index is 4.03. The van der Waals surface area contributed by atoms with Gasteiger partial charge < -0.3 is 38.5 Å². The second kappa shape index (κ2) is 26.1. The summed E-state index contributed by atoms with van der Waals surface area (Å²) in [5.74, 6) is -0.819. The minimum absolute atomic E-state index is 0.0358. The highest BCUT2D eigenvalue weighted by molar-refractivity contribution is 7.51. The monoisotopic (exact) mass is 607 g/mol.